The lowest BCUT2D eigenvalue weighted by atomic mass is 9.78. The van der Waals surface area contributed by atoms with E-state index in [1.807, 2.05) is 6.08 Å². The summed E-state index contributed by atoms with van der Waals surface area (Å²) in [6.45, 7) is 2.34. The number of hydrogen-bond acceptors (Lipinski definition) is 1. The van der Waals surface area contributed by atoms with Crippen molar-refractivity contribution in [1.29, 1.82) is 0 Å². The van der Waals surface area contributed by atoms with Gasteiger partial charge in [-0.3, -0.25) is 4.79 Å². The van der Waals surface area contributed by atoms with Gasteiger partial charge in [-0.2, -0.15) is 0 Å². The fraction of sp³-hybridized carbons (Fsp3) is 0.750. The summed E-state index contributed by atoms with van der Waals surface area (Å²) in [4.78, 5) is 11.1. The Hall–Kier alpha value is -0.590. The molecular formula is C12H18O. The van der Waals surface area contributed by atoms with Gasteiger partial charge in [0.05, 0.1) is 0 Å². The predicted molar refractivity (Wildman–Crippen MR) is 53.4 cm³/mol. The second kappa shape index (κ2) is 3.65. The molecule has 72 valence electrons. The smallest absolute Gasteiger partial charge is 0.155 e. The predicted octanol–water partition coefficient (Wildman–Crippen LogP) is 3.10. The van der Waals surface area contributed by atoms with E-state index in [9.17, 15) is 4.79 Å². The van der Waals surface area contributed by atoms with Crippen molar-refractivity contribution in [3.63, 3.8) is 0 Å². The monoisotopic (exact) mass is 178 g/mol. The Bertz CT molecular complexity index is 240. The van der Waals surface area contributed by atoms with Gasteiger partial charge in [0.1, 0.15) is 0 Å². The molecule has 1 saturated carbocycles. The van der Waals surface area contributed by atoms with Gasteiger partial charge in [0.15, 0.2) is 5.78 Å². The summed E-state index contributed by atoms with van der Waals surface area (Å²) in [5.41, 5.74) is 1.46. The van der Waals surface area contributed by atoms with Gasteiger partial charge in [-0.15, -0.1) is 0 Å². The molecule has 2 aliphatic carbocycles. The minimum absolute atomic E-state index is 0.355. The molecule has 0 radical (unpaired) electrons. The molecule has 1 nitrogen and oxygen atoms in total. The first-order valence-electron chi connectivity index (χ1n) is 5.49. The molecule has 1 fully saturated rings. The molecule has 0 heterocycles. The van der Waals surface area contributed by atoms with Gasteiger partial charge in [-0.05, 0) is 37.2 Å². The van der Waals surface area contributed by atoms with E-state index < -0.39 is 0 Å². The third-order valence-corrected chi connectivity index (χ3v) is 3.47. The molecule has 0 saturated heterocycles. The van der Waals surface area contributed by atoms with E-state index in [-0.39, 0.29) is 0 Å². The Kier molecular flexibility index (Phi) is 2.52. The summed E-state index contributed by atoms with van der Waals surface area (Å²) in [6.07, 6.45) is 9.14. The molecule has 0 N–H and O–H groups in total. The standard InChI is InChI=1S/C12H18O/c1-9-3-2-4-10(7-9)11-5-6-12(13)8-11/h8-10H,2-7H2,1H3. The van der Waals surface area contributed by atoms with Crippen LogP contribution in [0.2, 0.25) is 0 Å². The summed E-state index contributed by atoms with van der Waals surface area (Å²) in [5, 5.41) is 0. The van der Waals surface area contributed by atoms with E-state index in [4.69, 9.17) is 0 Å². The highest BCUT2D eigenvalue weighted by atomic mass is 16.1. The van der Waals surface area contributed by atoms with Crippen LogP contribution >= 0.6 is 0 Å². The number of carbonyl (C=O) groups excluding carboxylic acids is 1. The second-order valence-electron chi connectivity index (χ2n) is 4.65. The van der Waals surface area contributed by atoms with Crippen LogP contribution in [0.5, 0.6) is 0 Å². The number of ketones is 1. The molecule has 13 heavy (non-hydrogen) atoms. The van der Waals surface area contributed by atoms with Crippen LogP contribution < -0.4 is 0 Å². The maximum absolute atomic E-state index is 11.1. The highest BCUT2D eigenvalue weighted by molar-refractivity contribution is 5.93. The Morgan fingerprint density at radius 1 is 1.31 bits per heavy atom. The first-order chi connectivity index (χ1) is 6.25. The molecule has 2 aliphatic rings. The average molecular weight is 178 g/mol. The van der Waals surface area contributed by atoms with Gasteiger partial charge >= 0.3 is 0 Å². The van der Waals surface area contributed by atoms with Crippen LogP contribution in [0.15, 0.2) is 11.6 Å². The average Bonchev–Trinajstić information content (AvgIpc) is 2.52. The number of carbonyl (C=O) groups is 1. The van der Waals surface area contributed by atoms with Crippen molar-refractivity contribution in [1.82, 2.24) is 0 Å². The van der Waals surface area contributed by atoms with Crippen LogP contribution in [0.1, 0.15) is 45.4 Å². The van der Waals surface area contributed by atoms with E-state index in [1.165, 1.54) is 31.3 Å². The van der Waals surface area contributed by atoms with Crippen molar-refractivity contribution < 1.29 is 4.79 Å². The van der Waals surface area contributed by atoms with E-state index in [1.54, 1.807) is 0 Å². The molecule has 0 aliphatic heterocycles. The van der Waals surface area contributed by atoms with Crippen LogP contribution in [0.4, 0.5) is 0 Å². The van der Waals surface area contributed by atoms with Crippen molar-refractivity contribution >= 4 is 5.78 Å². The highest BCUT2D eigenvalue weighted by Gasteiger charge is 2.25. The molecule has 0 aromatic carbocycles. The van der Waals surface area contributed by atoms with Gasteiger partial charge in [0, 0.05) is 6.42 Å². The molecule has 2 rings (SSSR count). The Balaban J connectivity index is 2.00. The summed E-state index contributed by atoms with van der Waals surface area (Å²) < 4.78 is 0. The van der Waals surface area contributed by atoms with Crippen LogP contribution in [0.3, 0.4) is 0 Å². The number of hydrogen-bond donors (Lipinski definition) is 0. The second-order valence-corrected chi connectivity index (χ2v) is 4.65. The number of rotatable bonds is 1. The third kappa shape index (κ3) is 2.01. The highest BCUT2D eigenvalue weighted by Crippen LogP contribution is 2.36. The zero-order valence-corrected chi connectivity index (χ0v) is 8.38. The Morgan fingerprint density at radius 3 is 2.77 bits per heavy atom. The molecule has 2 atom stereocenters. The molecule has 1 heteroatoms. The minimum atomic E-state index is 0.355. The van der Waals surface area contributed by atoms with Gasteiger partial charge in [0.2, 0.25) is 0 Å². The van der Waals surface area contributed by atoms with E-state index in [0.717, 1.165) is 24.7 Å². The lowest BCUT2D eigenvalue weighted by Crippen LogP contribution is -2.14. The topological polar surface area (TPSA) is 17.1 Å². The zero-order valence-electron chi connectivity index (χ0n) is 8.38. The lowest BCUT2D eigenvalue weighted by molar-refractivity contribution is -0.114. The molecule has 0 aromatic heterocycles. The zero-order chi connectivity index (χ0) is 9.26. The van der Waals surface area contributed by atoms with Crippen molar-refractivity contribution in [2.75, 3.05) is 0 Å². The van der Waals surface area contributed by atoms with Crippen LogP contribution in [0, 0.1) is 11.8 Å². The first kappa shape index (κ1) is 8.98. The van der Waals surface area contributed by atoms with E-state index in [2.05, 4.69) is 6.92 Å². The number of allylic oxidation sites excluding steroid dienone is 2. The van der Waals surface area contributed by atoms with Gasteiger partial charge in [-0.25, -0.2) is 0 Å². The van der Waals surface area contributed by atoms with Crippen LogP contribution in [0.25, 0.3) is 0 Å². The maximum Gasteiger partial charge on any atom is 0.155 e. The van der Waals surface area contributed by atoms with Crippen molar-refractivity contribution in [2.24, 2.45) is 11.8 Å². The van der Waals surface area contributed by atoms with Crippen molar-refractivity contribution in [3.05, 3.63) is 11.6 Å². The molecular weight excluding hydrogens is 160 g/mol. The largest absolute Gasteiger partial charge is 0.295 e. The first-order valence-corrected chi connectivity index (χ1v) is 5.49. The van der Waals surface area contributed by atoms with E-state index >= 15 is 0 Å². The SMILES string of the molecule is CC1CCCC(C2=CC(=O)CC2)C1. The summed E-state index contributed by atoms with van der Waals surface area (Å²) in [7, 11) is 0. The third-order valence-electron chi connectivity index (χ3n) is 3.47. The van der Waals surface area contributed by atoms with Crippen molar-refractivity contribution in [3.8, 4) is 0 Å². The summed E-state index contributed by atoms with van der Waals surface area (Å²) >= 11 is 0. The maximum atomic E-state index is 11.1. The molecule has 2 unspecified atom stereocenters. The summed E-state index contributed by atoms with van der Waals surface area (Å²) in [6, 6.07) is 0. The molecule has 0 spiro atoms. The normalized spacial score (nSPS) is 34.8. The van der Waals surface area contributed by atoms with E-state index in [0.29, 0.717) is 5.78 Å². The van der Waals surface area contributed by atoms with Gasteiger partial charge in [-0.1, -0.05) is 25.3 Å². The van der Waals surface area contributed by atoms with Gasteiger partial charge < -0.3 is 0 Å². The fourth-order valence-electron chi connectivity index (χ4n) is 2.71. The van der Waals surface area contributed by atoms with Crippen molar-refractivity contribution in [2.45, 2.75) is 45.4 Å². The quantitative estimate of drug-likeness (QED) is 0.603. The molecule has 0 amide bonds. The Morgan fingerprint density at radius 2 is 2.15 bits per heavy atom. The van der Waals surface area contributed by atoms with Gasteiger partial charge in [0.25, 0.3) is 0 Å². The molecule has 0 aromatic rings. The fourth-order valence-corrected chi connectivity index (χ4v) is 2.71. The van der Waals surface area contributed by atoms with Crippen LogP contribution in [-0.2, 0) is 4.79 Å². The lowest BCUT2D eigenvalue weighted by Gasteiger charge is -2.27. The molecule has 0 bridgehead atoms. The summed E-state index contributed by atoms with van der Waals surface area (Å²) in [5.74, 6) is 1.97. The van der Waals surface area contributed by atoms with Crippen LogP contribution in [-0.4, -0.2) is 5.78 Å². The minimum Gasteiger partial charge on any atom is -0.295 e. The Labute approximate surface area is 80.2 Å².